The third kappa shape index (κ3) is 4.17. The van der Waals surface area contributed by atoms with Crippen molar-refractivity contribution in [2.75, 3.05) is 19.8 Å². The van der Waals surface area contributed by atoms with Gasteiger partial charge in [0.1, 0.15) is 0 Å². The van der Waals surface area contributed by atoms with Crippen LogP contribution in [0.5, 0.6) is 0 Å². The first-order valence-electron chi connectivity index (χ1n) is 8.35. The average molecular weight is 269 g/mol. The molecule has 2 saturated heterocycles. The monoisotopic (exact) mass is 269 g/mol. The van der Waals surface area contributed by atoms with Gasteiger partial charge < -0.3 is 9.47 Å². The Kier molecular flexibility index (Phi) is 6.62. The largest absolute Gasteiger partial charge is 0.338 e. The molecule has 0 saturated carbocycles. The number of hydrogen-bond donors (Lipinski definition) is 0. The summed E-state index contributed by atoms with van der Waals surface area (Å²) in [5.74, 6) is 0.809. The van der Waals surface area contributed by atoms with Gasteiger partial charge in [-0.3, -0.25) is 0 Å². The van der Waals surface area contributed by atoms with E-state index in [0.717, 1.165) is 25.7 Å². The van der Waals surface area contributed by atoms with Crippen molar-refractivity contribution >= 4 is 0 Å². The first-order chi connectivity index (χ1) is 9.36. The second-order valence-corrected chi connectivity index (χ2v) is 6.07. The summed E-state index contributed by atoms with van der Waals surface area (Å²) in [6, 6.07) is 0.612. The topological polar surface area (TPSA) is 21.7 Å². The zero-order valence-electron chi connectivity index (χ0n) is 12.8. The molecule has 2 aliphatic rings. The van der Waals surface area contributed by atoms with Gasteiger partial charge in [-0.15, -0.1) is 0 Å². The maximum absolute atomic E-state index is 5.78. The second-order valence-electron chi connectivity index (χ2n) is 6.07. The van der Waals surface area contributed by atoms with Gasteiger partial charge in [-0.2, -0.15) is 0 Å². The molecule has 0 radical (unpaired) electrons. The van der Waals surface area contributed by atoms with E-state index in [-0.39, 0.29) is 6.41 Å². The van der Waals surface area contributed by atoms with E-state index in [2.05, 4.69) is 18.7 Å². The Morgan fingerprint density at radius 2 is 1.79 bits per heavy atom. The molecular formula is C16H31NO2. The molecule has 0 aliphatic carbocycles. The van der Waals surface area contributed by atoms with Crippen molar-refractivity contribution in [3.8, 4) is 0 Å². The molecule has 0 aromatic heterocycles. The lowest BCUT2D eigenvalue weighted by Gasteiger charge is -2.28. The van der Waals surface area contributed by atoms with Gasteiger partial charge in [0.05, 0.1) is 13.2 Å². The van der Waals surface area contributed by atoms with Crippen molar-refractivity contribution in [1.29, 1.82) is 0 Å². The molecule has 2 heterocycles. The van der Waals surface area contributed by atoms with E-state index in [1.807, 2.05) is 0 Å². The third-order valence-electron chi connectivity index (χ3n) is 4.62. The normalized spacial score (nSPS) is 28.7. The van der Waals surface area contributed by atoms with E-state index in [1.165, 1.54) is 51.4 Å². The van der Waals surface area contributed by atoms with E-state index in [9.17, 15) is 0 Å². The molecule has 2 aliphatic heterocycles. The Labute approximate surface area is 118 Å². The molecule has 2 rings (SSSR count). The van der Waals surface area contributed by atoms with Crippen LogP contribution in [-0.2, 0) is 9.47 Å². The van der Waals surface area contributed by atoms with Crippen LogP contribution in [0.3, 0.4) is 0 Å². The average Bonchev–Trinajstić information content (AvgIpc) is 3.01. The summed E-state index contributed by atoms with van der Waals surface area (Å²) < 4.78 is 11.4. The first-order valence-corrected chi connectivity index (χ1v) is 8.35. The quantitative estimate of drug-likeness (QED) is 0.595. The number of rotatable bonds is 9. The molecule has 3 nitrogen and oxygen atoms in total. The fourth-order valence-corrected chi connectivity index (χ4v) is 3.44. The third-order valence-corrected chi connectivity index (χ3v) is 4.62. The maximum atomic E-state index is 5.78. The van der Waals surface area contributed by atoms with Crippen molar-refractivity contribution in [1.82, 2.24) is 4.90 Å². The standard InChI is InChI=1S/C16H31NO2/c1-3-5-7-8-10-14(9-6-4-2)15-13-19-16-17(15)11-12-18-16/h14-16H,3-13H2,1-2H3. The number of fused-ring (bicyclic) bond motifs is 1. The molecule has 0 aromatic carbocycles. The molecular weight excluding hydrogens is 238 g/mol. The van der Waals surface area contributed by atoms with Crippen LogP contribution in [0, 0.1) is 5.92 Å². The van der Waals surface area contributed by atoms with Gasteiger partial charge in [-0.25, -0.2) is 4.90 Å². The Morgan fingerprint density at radius 3 is 2.58 bits per heavy atom. The molecule has 112 valence electrons. The highest BCUT2D eigenvalue weighted by molar-refractivity contribution is 4.86. The number of nitrogens with zero attached hydrogens (tertiary/aromatic N) is 1. The van der Waals surface area contributed by atoms with Crippen molar-refractivity contribution in [2.24, 2.45) is 5.92 Å². The summed E-state index contributed by atoms with van der Waals surface area (Å²) in [6.07, 6.45) is 10.9. The fourth-order valence-electron chi connectivity index (χ4n) is 3.44. The van der Waals surface area contributed by atoms with Gasteiger partial charge in [-0.1, -0.05) is 52.4 Å². The first kappa shape index (κ1) is 15.3. The summed E-state index contributed by atoms with van der Waals surface area (Å²) in [4.78, 5) is 2.46. The molecule has 2 fully saturated rings. The van der Waals surface area contributed by atoms with Gasteiger partial charge in [0.25, 0.3) is 0 Å². The molecule has 3 atom stereocenters. The van der Waals surface area contributed by atoms with Crippen molar-refractivity contribution in [2.45, 2.75) is 77.7 Å². The summed E-state index contributed by atoms with van der Waals surface area (Å²) in [5, 5.41) is 0. The summed E-state index contributed by atoms with van der Waals surface area (Å²) >= 11 is 0. The molecule has 0 amide bonds. The molecule has 3 heteroatoms. The molecule has 0 spiro atoms. The Balaban J connectivity index is 1.81. The summed E-state index contributed by atoms with van der Waals surface area (Å²) in [7, 11) is 0. The van der Waals surface area contributed by atoms with Crippen molar-refractivity contribution in [3.05, 3.63) is 0 Å². The highest BCUT2D eigenvalue weighted by Crippen LogP contribution is 2.32. The second kappa shape index (κ2) is 8.23. The van der Waals surface area contributed by atoms with E-state index in [0.29, 0.717) is 6.04 Å². The Morgan fingerprint density at radius 1 is 1.00 bits per heavy atom. The predicted molar refractivity (Wildman–Crippen MR) is 78.0 cm³/mol. The van der Waals surface area contributed by atoms with Gasteiger partial charge in [0.2, 0.25) is 6.41 Å². The molecule has 3 unspecified atom stereocenters. The van der Waals surface area contributed by atoms with Gasteiger partial charge >= 0.3 is 0 Å². The number of unbranched alkanes of at least 4 members (excludes halogenated alkanes) is 4. The van der Waals surface area contributed by atoms with Crippen LogP contribution in [0.1, 0.15) is 65.2 Å². The zero-order valence-corrected chi connectivity index (χ0v) is 12.8. The van der Waals surface area contributed by atoms with Crippen LogP contribution in [0.15, 0.2) is 0 Å². The predicted octanol–water partition coefficient (Wildman–Crippen LogP) is 3.78. The highest BCUT2D eigenvalue weighted by atomic mass is 16.7. The van der Waals surface area contributed by atoms with E-state index in [4.69, 9.17) is 9.47 Å². The number of hydrogen-bond acceptors (Lipinski definition) is 3. The van der Waals surface area contributed by atoms with E-state index < -0.39 is 0 Å². The Hall–Kier alpha value is -0.120. The lowest BCUT2D eigenvalue weighted by Crippen LogP contribution is -2.38. The molecule has 0 N–H and O–H groups in total. The smallest absolute Gasteiger partial charge is 0.219 e. The lowest BCUT2D eigenvalue weighted by atomic mass is 9.88. The van der Waals surface area contributed by atoms with E-state index >= 15 is 0 Å². The minimum Gasteiger partial charge on any atom is -0.338 e. The van der Waals surface area contributed by atoms with Gasteiger partial charge in [-0.05, 0) is 18.8 Å². The van der Waals surface area contributed by atoms with Crippen molar-refractivity contribution in [3.63, 3.8) is 0 Å². The summed E-state index contributed by atoms with van der Waals surface area (Å²) in [5.41, 5.74) is 0. The minimum absolute atomic E-state index is 0.0234. The fraction of sp³-hybridized carbons (Fsp3) is 1.00. The van der Waals surface area contributed by atoms with E-state index in [1.54, 1.807) is 0 Å². The summed E-state index contributed by atoms with van der Waals surface area (Å²) in [6.45, 7) is 7.36. The van der Waals surface area contributed by atoms with Crippen LogP contribution in [0.25, 0.3) is 0 Å². The van der Waals surface area contributed by atoms with Gasteiger partial charge in [0.15, 0.2) is 0 Å². The SMILES string of the molecule is CCCCCCC(CCCC)C1COC2OCCN21. The lowest BCUT2D eigenvalue weighted by molar-refractivity contribution is -0.123. The van der Waals surface area contributed by atoms with Crippen molar-refractivity contribution < 1.29 is 9.47 Å². The number of ether oxygens (including phenoxy) is 2. The Bertz CT molecular complexity index is 247. The zero-order chi connectivity index (χ0) is 13.5. The van der Waals surface area contributed by atoms with Crippen LogP contribution in [0.2, 0.25) is 0 Å². The maximum Gasteiger partial charge on any atom is 0.219 e. The molecule has 19 heavy (non-hydrogen) atoms. The van der Waals surface area contributed by atoms with Crippen LogP contribution < -0.4 is 0 Å². The van der Waals surface area contributed by atoms with Gasteiger partial charge in [0, 0.05) is 12.6 Å². The minimum atomic E-state index is -0.0234. The molecule has 0 aromatic rings. The van der Waals surface area contributed by atoms with Crippen LogP contribution >= 0.6 is 0 Å². The van der Waals surface area contributed by atoms with Crippen LogP contribution in [0.4, 0.5) is 0 Å². The highest BCUT2D eigenvalue weighted by Gasteiger charge is 2.41. The van der Waals surface area contributed by atoms with Crippen LogP contribution in [-0.4, -0.2) is 37.1 Å². The molecule has 0 bridgehead atoms.